The number of aromatic nitrogens is 1. The SMILES string of the molecule is Cc1nc(COc2ccc(C(=O)NN3C(=O)N[C@@](C)(CCc4ccccc4)C3=O)cc2)cs1. The predicted molar refractivity (Wildman–Crippen MR) is 124 cm³/mol. The van der Waals surface area contributed by atoms with Crippen molar-refractivity contribution in [3.63, 3.8) is 0 Å². The van der Waals surface area contributed by atoms with Crippen molar-refractivity contribution in [1.29, 1.82) is 0 Å². The molecular weight excluding hydrogens is 440 g/mol. The quantitative estimate of drug-likeness (QED) is 0.496. The summed E-state index contributed by atoms with van der Waals surface area (Å²) < 4.78 is 5.68. The second kappa shape index (κ2) is 9.41. The summed E-state index contributed by atoms with van der Waals surface area (Å²) in [5, 5.41) is 6.35. The van der Waals surface area contributed by atoms with E-state index in [1.54, 1.807) is 42.5 Å². The molecule has 3 aromatic rings. The van der Waals surface area contributed by atoms with Crippen LogP contribution in [0.1, 0.15) is 40.0 Å². The molecule has 1 atom stereocenters. The summed E-state index contributed by atoms with van der Waals surface area (Å²) in [5.41, 5.74) is 3.52. The van der Waals surface area contributed by atoms with Gasteiger partial charge >= 0.3 is 6.03 Å². The van der Waals surface area contributed by atoms with Crippen LogP contribution in [0, 0.1) is 6.92 Å². The Morgan fingerprint density at radius 2 is 1.88 bits per heavy atom. The maximum Gasteiger partial charge on any atom is 0.344 e. The van der Waals surface area contributed by atoms with Crippen molar-refractivity contribution in [3.8, 4) is 5.75 Å². The lowest BCUT2D eigenvalue weighted by atomic mass is 9.93. The fourth-order valence-electron chi connectivity index (χ4n) is 3.49. The minimum absolute atomic E-state index is 0.297. The van der Waals surface area contributed by atoms with Crippen LogP contribution in [0.5, 0.6) is 5.75 Å². The molecule has 4 rings (SSSR count). The van der Waals surface area contributed by atoms with Gasteiger partial charge in [-0.05, 0) is 56.5 Å². The number of nitrogens with one attached hydrogen (secondary N) is 2. The van der Waals surface area contributed by atoms with E-state index in [9.17, 15) is 14.4 Å². The van der Waals surface area contributed by atoms with Gasteiger partial charge in [0.1, 0.15) is 17.9 Å². The Labute approximate surface area is 195 Å². The monoisotopic (exact) mass is 464 g/mol. The highest BCUT2D eigenvalue weighted by molar-refractivity contribution is 7.09. The molecular formula is C24H24N4O4S. The summed E-state index contributed by atoms with van der Waals surface area (Å²) >= 11 is 1.55. The number of imide groups is 1. The normalized spacial score (nSPS) is 17.7. The first-order chi connectivity index (χ1) is 15.8. The fraction of sp³-hybridized carbons (Fsp3) is 0.250. The molecule has 4 amide bonds. The summed E-state index contributed by atoms with van der Waals surface area (Å²) in [5.74, 6) is -0.469. The molecule has 0 radical (unpaired) electrons. The van der Waals surface area contributed by atoms with E-state index in [0.717, 1.165) is 21.3 Å². The number of urea groups is 1. The molecule has 0 aliphatic carbocycles. The molecule has 2 aromatic carbocycles. The first-order valence-electron chi connectivity index (χ1n) is 10.5. The third-order valence-corrected chi connectivity index (χ3v) is 6.22. The van der Waals surface area contributed by atoms with E-state index in [0.29, 0.717) is 30.8 Å². The molecule has 170 valence electrons. The van der Waals surface area contributed by atoms with Crippen molar-refractivity contribution in [2.24, 2.45) is 0 Å². The molecule has 2 N–H and O–H groups in total. The maximum atomic E-state index is 12.9. The van der Waals surface area contributed by atoms with Crippen LogP contribution < -0.4 is 15.5 Å². The van der Waals surface area contributed by atoms with E-state index in [1.807, 2.05) is 42.6 Å². The van der Waals surface area contributed by atoms with Gasteiger partial charge in [0, 0.05) is 10.9 Å². The number of nitrogens with zero attached hydrogens (tertiary/aromatic N) is 2. The smallest absolute Gasteiger partial charge is 0.344 e. The minimum Gasteiger partial charge on any atom is -0.487 e. The number of hydrazine groups is 1. The molecule has 33 heavy (non-hydrogen) atoms. The van der Waals surface area contributed by atoms with Crippen molar-refractivity contribution >= 4 is 29.2 Å². The van der Waals surface area contributed by atoms with Crippen LogP contribution in [0.2, 0.25) is 0 Å². The molecule has 1 aromatic heterocycles. The molecule has 9 heteroatoms. The lowest BCUT2D eigenvalue weighted by Crippen LogP contribution is -2.48. The van der Waals surface area contributed by atoms with Gasteiger partial charge < -0.3 is 10.1 Å². The first-order valence-corrected chi connectivity index (χ1v) is 11.4. The first kappa shape index (κ1) is 22.5. The number of rotatable bonds is 8. The summed E-state index contributed by atoms with van der Waals surface area (Å²) in [6.07, 6.45) is 1.03. The molecule has 1 aliphatic rings. The number of amides is 4. The molecule has 1 fully saturated rings. The van der Waals surface area contributed by atoms with E-state index in [2.05, 4.69) is 15.7 Å². The van der Waals surface area contributed by atoms with Crippen molar-refractivity contribution in [2.45, 2.75) is 38.8 Å². The number of ether oxygens (including phenoxy) is 1. The van der Waals surface area contributed by atoms with Gasteiger partial charge in [-0.25, -0.2) is 9.78 Å². The largest absolute Gasteiger partial charge is 0.487 e. The van der Waals surface area contributed by atoms with Crippen LogP contribution in [-0.2, 0) is 17.8 Å². The Bertz CT molecular complexity index is 1160. The van der Waals surface area contributed by atoms with Crippen molar-refractivity contribution in [3.05, 3.63) is 81.8 Å². The topological polar surface area (TPSA) is 101 Å². The molecule has 8 nitrogen and oxygen atoms in total. The highest BCUT2D eigenvalue weighted by Crippen LogP contribution is 2.23. The van der Waals surface area contributed by atoms with Crippen LogP contribution in [-0.4, -0.2) is 33.4 Å². The average molecular weight is 465 g/mol. The van der Waals surface area contributed by atoms with E-state index in [4.69, 9.17) is 4.74 Å². The molecule has 0 bridgehead atoms. The average Bonchev–Trinajstić information content (AvgIpc) is 3.33. The number of carbonyl (C=O) groups excluding carboxylic acids is 3. The van der Waals surface area contributed by atoms with Crippen LogP contribution in [0.3, 0.4) is 0 Å². The zero-order valence-corrected chi connectivity index (χ0v) is 19.1. The second-order valence-corrected chi connectivity index (χ2v) is 9.06. The predicted octanol–water partition coefficient (Wildman–Crippen LogP) is 3.62. The van der Waals surface area contributed by atoms with Gasteiger partial charge in [-0.1, -0.05) is 30.3 Å². The number of benzene rings is 2. The molecule has 1 saturated heterocycles. The molecule has 0 unspecified atom stereocenters. The Kier molecular flexibility index (Phi) is 6.41. The van der Waals surface area contributed by atoms with Crippen LogP contribution >= 0.6 is 11.3 Å². The Morgan fingerprint density at radius 3 is 2.55 bits per heavy atom. The summed E-state index contributed by atoms with van der Waals surface area (Å²) in [7, 11) is 0. The number of carbonyl (C=O) groups is 3. The van der Waals surface area contributed by atoms with E-state index >= 15 is 0 Å². The van der Waals surface area contributed by atoms with Gasteiger partial charge in [0.25, 0.3) is 11.8 Å². The molecule has 1 aliphatic heterocycles. The number of hydrogen-bond acceptors (Lipinski definition) is 6. The molecule has 2 heterocycles. The van der Waals surface area contributed by atoms with Gasteiger partial charge in [-0.15, -0.1) is 11.3 Å². The highest BCUT2D eigenvalue weighted by atomic mass is 32.1. The number of aryl methyl sites for hydroxylation is 2. The van der Waals surface area contributed by atoms with E-state index in [-0.39, 0.29) is 0 Å². The zero-order valence-electron chi connectivity index (χ0n) is 18.3. The van der Waals surface area contributed by atoms with Gasteiger partial charge in [0.15, 0.2) is 0 Å². The second-order valence-electron chi connectivity index (χ2n) is 8.00. The summed E-state index contributed by atoms with van der Waals surface area (Å²) in [4.78, 5) is 42.3. The third-order valence-electron chi connectivity index (χ3n) is 5.40. The highest BCUT2D eigenvalue weighted by Gasteiger charge is 2.48. The van der Waals surface area contributed by atoms with Crippen LogP contribution in [0.15, 0.2) is 60.0 Å². The van der Waals surface area contributed by atoms with Gasteiger partial charge in [0.05, 0.1) is 10.7 Å². The van der Waals surface area contributed by atoms with Gasteiger partial charge in [-0.2, -0.15) is 5.01 Å². The fourth-order valence-corrected chi connectivity index (χ4v) is 4.09. The van der Waals surface area contributed by atoms with Gasteiger partial charge in [-0.3, -0.25) is 15.0 Å². The number of hydrogen-bond donors (Lipinski definition) is 2. The Hall–Kier alpha value is -3.72. The van der Waals surface area contributed by atoms with Gasteiger partial charge in [0.2, 0.25) is 0 Å². The summed E-state index contributed by atoms with van der Waals surface area (Å²) in [6.45, 7) is 3.93. The third kappa shape index (κ3) is 5.20. The molecule has 0 saturated carbocycles. The van der Waals surface area contributed by atoms with Crippen molar-refractivity contribution in [1.82, 2.24) is 20.7 Å². The van der Waals surface area contributed by atoms with Crippen LogP contribution in [0.25, 0.3) is 0 Å². The Morgan fingerprint density at radius 1 is 1.15 bits per heavy atom. The Balaban J connectivity index is 1.34. The number of thiazole rings is 1. The standard InChI is InChI=1S/C24H24N4O4S/c1-16-25-19(15-33-16)14-32-20-10-8-18(9-11-20)21(29)27-28-22(30)24(2,26-23(28)31)13-12-17-6-4-3-5-7-17/h3-11,15H,12-14H2,1-2H3,(H,26,31)(H,27,29)/t24-/m0/s1. The maximum absolute atomic E-state index is 12.9. The minimum atomic E-state index is -1.09. The van der Waals surface area contributed by atoms with Crippen molar-refractivity contribution in [2.75, 3.05) is 0 Å². The summed E-state index contributed by atoms with van der Waals surface area (Å²) in [6, 6.07) is 15.5. The lowest BCUT2D eigenvalue weighted by molar-refractivity contribution is -0.132. The van der Waals surface area contributed by atoms with Crippen molar-refractivity contribution < 1.29 is 19.1 Å². The molecule has 0 spiro atoms. The zero-order chi connectivity index (χ0) is 23.4. The lowest BCUT2D eigenvalue weighted by Gasteiger charge is -2.21. The van der Waals surface area contributed by atoms with E-state index in [1.165, 1.54) is 0 Å². The van der Waals surface area contributed by atoms with E-state index < -0.39 is 23.4 Å². The van der Waals surface area contributed by atoms with Crippen LogP contribution in [0.4, 0.5) is 4.79 Å².